The van der Waals surface area contributed by atoms with Crippen LogP contribution in [0.1, 0.15) is 149 Å². The number of imide groups is 2. The fourth-order valence-electron chi connectivity index (χ4n) is 11.4. The van der Waals surface area contributed by atoms with Crippen molar-refractivity contribution in [3.05, 3.63) is 87.7 Å². The first-order chi connectivity index (χ1) is 30.8. The minimum absolute atomic E-state index is 0.0314. The Morgan fingerprint density at radius 2 is 1.60 bits per heavy atom. The van der Waals surface area contributed by atoms with Crippen LogP contribution in [0.2, 0.25) is 0 Å². The Kier molecular flexibility index (Phi) is 11.4. The van der Waals surface area contributed by atoms with E-state index in [9.17, 15) is 47.0 Å². The summed E-state index contributed by atoms with van der Waals surface area (Å²) in [4.78, 5) is 87.0. The third-order valence-corrected chi connectivity index (χ3v) is 14.9. The Labute approximate surface area is 374 Å². The van der Waals surface area contributed by atoms with E-state index in [0.29, 0.717) is 35.3 Å². The molecule has 6 aliphatic rings. The molecule has 344 valence electrons. The first-order valence-corrected chi connectivity index (χ1v) is 22.7. The van der Waals surface area contributed by atoms with Crippen LogP contribution in [0.15, 0.2) is 48.5 Å². The minimum atomic E-state index is -4.73. The van der Waals surface area contributed by atoms with Crippen molar-refractivity contribution < 1.29 is 47.0 Å². The van der Waals surface area contributed by atoms with E-state index >= 15 is 0 Å². The summed E-state index contributed by atoms with van der Waals surface area (Å²) < 4.78 is 39.9. The lowest BCUT2D eigenvalue weighted by molar-refractivity contribution is -0.141. The second kappa shape index (κ2) is 16.6. The van der Waals surface area contributed by atoms with Gasteiger partial charge in [-0.15, -0.1) is 0 Å². The third-order valence-electron chi connectivity index (χ3n) is 14.9. The number of carbonyl (C=O) groups excluding carboxylic acids is 6. The second-order valence-corrected chi connectivity index (χ2v) is 19.7. The highest BCUT2D eigenvalue weighted by atomic mass is 19.4. The van der Waals surface area contributed by atoms with Gasteiger partial charge in [-0.05, 0) is 145 Å². The molecule has 0 radical (unpaired) electrons. The van der Waals surface area contributed by atoms with Crippen LogP contribution >= 0.6 is 0 Å². The number of halogens is 3. The molecule has 9 rings (SSSR count). The van der Waals surface area contributed by atoms with Gasteiger partial charge in [0.1, 0.15) is 17.4 Å². The number of piperidine rings is 1. The maximum absolute atomic E-state index is 13.9. The van der Waals surface area contributed by atoms with E-state index in [1.54, 1.807) is 32.0 Å². The van der Waals surface area contributed by atoms with Crippen LogP contribution < -0.4 is 16.0 Å². The number of hydrogen-bond acceptors (Lipinski definition) is 10. The number of rotatable bonds is 10. The number of amides is 6. The van der Waals surface area contributed by atoms with E-state index in [4.69, 9.17) is 0 Å². The molecule has 1 saturated heterocycles. The molecule has 0 bridgehead atoms. The lowest BCUT2D eigenvalue weighted by Crippen LogP contribution is -2.54. The van der Waals surface area contributed by atoms with Crippen molar-refractivity contribution in [3.63, 3.8) is 0 Å². The molecule has 3 aromatic rings. The fraction of sp³-hybridized carbons (Fsp3) is 0.521. The van der Waals surface area contributed by atoms with Crippen LogP contribution in [-0.4, -0.2) is 98.0 Å². The predicted molar refractivity (Wildman–Crippen MR) is 232 cm³/mol. The number of nitrogens with zero attached hydrogens (tertiary/aromatic N) is 4. The second-order valence-electron chi connectivity index (χ2n) is 19.7. The van der Waals surface area contributed by atoms with Crippen LogP contribution in [0.4, 0.5) is 24.5 Å². The predicted octanol–water partition coefficient (Wildman–Crippen LogP) is 6.63. The SMILES string of the molecule is CN(CC1CCC(N2Cc3cc(C(C)(C)O)c(NC(=O)c4cccc(C(F)(F)F)n4)cc3C2=O)CC1)C1CCC2(CC1)CC(Nc1cccc3c1C(=O)N(C1CCC(=O)NC1=O)C3=O)C2. The van der Waals surface area contributed by atoms with Gasteiger partial charge in [-0.25, -0.2) is 4.98 Å². The number of carbonyl (C=O) groups is 6. The normalized spacial score (nSPS) is 26.9. The molecule has 17 heteroatoms. The van der Waals surface area contributed by atoms with Crippen molar-refractivity contribution in [1.82, 2.24) is 25.0 Å². The fourth-order valence-corrected chi connectivity index (χ4v) is 11.4. The van der Waals surface area contributed by atoms with Crippen molar-refractivity contribution in [3.8, 4) is 0 Å². The van der Waals surface area contributed by atoms with Crippen molar-refractivity contribution in [2.75, 3.05) is 24.2 Å². The number of nitrogens with one attached hydrogen (secondary N) is 3. The quantitative estimate of drug-likeness (QED) is 0.161. The number of fused-ring (bicyclic) bond motifs is 2. The molecule has 3 saturated carbocycles. The zero-order valence-electron chi connectivity index (χ0n) is 36.7. The van der Waals surface area contributed by atoms with Gasteiger partial charge >= 0.3 is 6.18 Å². The zero-order valence-corrected chi connectivity index (χ0v) is 36.7. The molecule has 1 aromatic heterocycles. The van der Waals surface area contributed by atoms with E-state index in [1.807, 2.05) is 11.0 Å². The minimum Gasteiger partial charge on any atom is -0.386 e. The molecule has 1 unspecified atom stereocenters. The van der Waals surface area contributed by atoms with Crippen LogP contribution in [0.5, 0.6) is 0 Å². The van der Waals surface area contributed by atoms with Gasteiger partial charge in [-0.3, -0.25) is 39.0 Å². The topological polar surface area (TPSA) is 181 Å². The standard InChI is InChI=1S/C48H54F3N7O7/c1-46(2,65)33-20-27-25-57(43(62)32(27)21-36(33)54-41(60)35-8-5-9-38(53-35)48(49,50)51)30-12-10-26(11-13-30)24-56(3)29-16-18-47(19-17-29)22-28(23-47)52-34-7-4-6-31-40(34)45(64)58(44(31)63)37-14-15-39(59)55-42(37)61/h4-9,20-21,26,28-30,37,52,65H,10-19,22-25H2,1-3H3,(H,54,60)(H,55,59,61). The first-order valence-electron chi connectivity index (χ1n) is 22.7. The van der Waals surface area contributed by atoms with Crippen molar-refractivity contribution in [2.24, 2.45) is 11.3 Å². The highest BCUT2D eigenvalue weighted by Crippen LogP contribution is 2.53. The van der Waals surface area contributed by atoms with E-state index in [0.717, 1.165) is 93.3 Å². The molecule has 1 atom stereocenters. The van der Waals surface area contributed by atoms with Crippen molar-refractivity contribution in [2.45, 2.75) is 133 Å². The molecule has 4 heterocycles. The molecule has 4 N–H and O–H groups in total. The van der Waals surface area contributed by atoms with Crippen molar-refractivity contribution >= 4 is 46.8 Å². The van der Waals surface area contributed by atoms with E-state index < -0.39 is 58.7 Å². The number of aliphatic hydroxyl groups is 1. The Hall–Kier alpha value is -5.68. The number of anilines is 2. The Bertz CT molecular complexity index is 2460. The average molecular weight is 898 g/mol. The lowest BCUT2D eigenvalue weighted by Gasteiger charge is -2.53. The summed E-state index contributed by atoms with van der Waals surface area (Å²) in [7, 11) is 2.21. The molecule has 3 aliphatic heterocycles. The molecule has 3 aliphatic carbocycles. The maximum Gasteiger partial charge on any atom is 0.433 e. The monoisotopic (exact) mass is 897 g/mol. The van der Waals surface area contributed by atoms with E-state index in [-0.39, 0.29) is 53.1 Å². The first kappa shape index (κ1) is 44.5. The van der Waals surface area contributed by atoms with Crippen LogP contribution in [-0.2, 0) is 27.9 Å². The molecule has 14 nitrogen and oxygen atoms in total. The number of alkyl halides is 3. The summed E-state index contributed by atoms with van der Waals surface area (Å²) in [6, 6.07) is 11.1. The number of benzene rings is 2. The Morgan fingerprint density at radius 1 is 0.892 bits per heavy atom. The molecular formula is C48H54F3N7O7. The molecule has 6 amide bonds. The highest BCUT2D eigenvalue weighted by molar-refractivity contribution is 6.25. The third kappa shape index (κ3) is 8.52. The van der Waals surface area contributed by atoms with Gasteiger partial charge in [0.15, 0.2) is 0 Å². The smallest absolute Gasteiger partial charge is 0.386 e. The molecule has 4 fully saturated rings. The summed E-state index contributed by atoms with van der Waals surface area (Å²) in [5, 5.41) is 19.4. The number of pyridine rings is 1. The molecule has 1 spiro atoms. The maximum atomic E-state index is 13.9. The van der Waals surface area contributed by atoms with E-state index in [2.05, 4.69) is 32.9 Å². The van der Waals surface area contributed by atoms with Crippen LogP contribution in [0, 0.1) is 11.3 Å². The van der Waals surface area contributed by atoms with Gasteiger partial charge in [0.2, 0.25) is 11.8 Å². The van der Waals surface area contributed by atoms with E-state index in [1.165, 1.54) is 12.1 Å². The lowest BCUT2D eigenvalue weighted by atomic mass is 9.57. The zero-order chi connectivity index (χ0) is 46.2. The highest BCUT2D eigenvalue weighted by Gasteiger charge is 2.49. The van der Waals surface area contributed by atoms with Crippen LogP contribution in [0.25, 0.3) is 0 Å². The summed E-state index contributed by atoms with van der Waals surface area (Å²) in [5.74, 6) is -2.63. The van der Waals surface area contributed by atoms with Gasteiger partial charge in [0.25, 0.3) is 23.6 Å². The van der Waals surface area contributed by atoms with Gasteiger partial charge < -0.3 is 25.5 Å². The summed E-state index contributed by atoms with van der Waals surface area (Å²) in [6.07, 6.45) is 5.46. The number of hydrogen-bond donors (Lipinski definition) is 4. The summed E-state index contributed by atoms with van der Waals surface area (Å²) in [6.45, 7) is 4.43. The average Bonchev–Trinajstić information content (AvgIpc) is 3.71. The summed E-state index contributed by atoms with van der Waals surface area (Å²) >= 11 is 0. The molecular weight excluding hydrogens is 844 g/mol. The van der Waals surface area contributed by atoms with Gasteiger partial charge in [-0.1, -0.05) is 12.1 Å². The van der Waals surface area contributed by atoms with Gasteiger partial charge in [-0.2, -0.15) is 13.2 Å². The molecule has 2 aromatic carbocycles. The number of aromatic nitrogens is 1. The Morgan fingerprint density at radius 3 is 2.28 bits per heavy atom. The summed E-state index contributed by atoms with van der Waals surface area (Å²) in [5.41, 5.74) is -0.0807. The Balaban J connectivity index is 0.750. The van der Waals surface area contributed by atoms with Crippen LogP contribution in [0.3, 0.4) is 0 Å². The van der Waals surface area contributed by atoms with Gasteiger partial charge in [0, 0.05) is 60.1 Å². The largest absolute Gasteiger partial charge is 0.433 e. The van der Waals surface area contributed by atoms with Gasteiger partial charge in [0.05, 0.1) is 16.7 Å². The van der Waals surface area contributed by atoms with Crippen molar-refractivity contribution in [1.29, 1.82) is 0 Å². The molecule has 65 heavy (non-hydrogen) atoms.